The first-order chi connectivity index (χ1) is 8.45. The standard InChI is InChI=1S/C13H22N.2CO.Mn/c1-9-10(2)12(4)13(11(9)3)7-8-14(5)6;2*1-2;/h7-8H2,1-6H3;;;/q-1;;;. The Morgan fingerprint density at radius 2 is 1.21 bits per heavy atom. The van der Waals surface area contributed by atoms with Gasteiger partial charge in [0.25, 0.3) is 0 Å². The van der Waals surface area contributed by atoms with Crippen LogP contribution in [-0.4, -0.2) is 25.5 Å². The van der Waals surface area contributed by atoms with E-state index in [4.69, 9.17) is 9.30 Å². The van der Waals surface area contributed by atoms with Crippen molar-refractivity contribution in [2.24, 2.45) is 0 Å². The summed E-state index contributed by atoms with van der Waals surface area (Å²) in [7, 11) is 4.26. The molecule has 0 saturated carbocycles. The summed E-state index contributed by atoms with van der Waals surface area (Å²) in [6.07, 6.45) is 1.18. The molecule has 0 heterocycles. The zero-order chi connectivity index (χ0) is 14.9. The van der Waals surface area contributed by atoms with Crippen molar-refractivity contribution in [3.63, 3.8) is 0 Å². The van der Waals surface area contributed by atoms with Gasteiger partial charge in [-0.15, -0.1) is 5.56 Å². The quantitative estimate of drug-likeness (QED) is 0.481. The molecule has 107 valence electrons. The Balaban J connectivity index is -0.000000467. The first kappa shape index (κ1) is 23.4. The Morgan fingerprint density at radius 3 is 1.47 bits per heavy atom. The summed E-state index contributed by atoms with van der Waals surface area (Å²) in [5.74, 6) is 0. The second-order valence-electron chi connectivity index (χ2n) is 4.53. The maximum Gasteiger partial charge on any atom is 0 e. The molecule has 0 aromatic heterocycles. The molecule has 1 rings (SSSR count). The fourth-order valence-corrected chi connectivity index (χ4v) is 2.01. The average molecular weight is 303 g/mol. The van der Waals surface area contributed by atoms with Crippen LogP contribution in [0.2, 0.25) is 0 Å². The Labute approximate surface area is 127 Å². The van der Waals surface area contributed by atoms with Crippen molar-refractivity contribution >= 4 is 0 Å². The molecule has 0 saturated heterocycles. The fraction of sp³-hybridized carbons (Fsp3) is 0.533. The second-order valence-corrected chi connectivity index (χ2v) is 4.53. The van der Waals surface area contributed by atoms with E-state index >= 15 is 0 Å². The first-order valence-corrected chi connectivity index (χ1v) is 5.72. The van der Waals surface area contributed by atoms with Gasteiger partial charge >= 0.3 is 22.6 Å². The molecule has 0 amide bonds. The predicted octanol–water partition coefficient (Wildman–Crippen LogP) is 2.67. The maximum absolute atomic E-state index is 7.50. The van der Waals surface area contributed by atoms with E-state index in [0.717, 1.165) is 6.54 Å². The minimum absolute atomic E-state index is 0. The molecule has 1 radical (unpaired) electrons. The van der Waals surface area contributed by atoms with Crippen LogP contribution < -0.4 is 0 Å². The van der Waals surface area contributed by atoms with Crippen molar-refractivity contribution in [3.05, 3.63) is 41.1 Å². The van der Waals surface area contributed by atoms with Crippen LogP contribution in [0, 0.1) is 41.0 Å². The zero-order valence-electron chi connectivity index (χ0n) is 12.6. The molecule has 0 spiro atoms. The van der Waals surface area contributed by atoms with E-state index < -0.39 is 0 Å². The molecule has 19 heavy (non-hydrogen) atoms. The Hall–Kier alpha value is -0.691. The van der Waals surface area contributed by atoms with Gasteiger partial charge in [0, 0.05) is 17.1 Å². The largest absolute Gasteiger partial charge is 0 e. The van der Waals surface area contributed by atoms with Crippen molar-refractivity contribution in [1.82, 2.24) is 4.90 Å². The van der Waals surface area contributed by atoms with E-state index in [9.17, 15) is 0 Å². The number of rotatable bonds is 3. The van der Waals surface area contributed by atoms with Gasteiger partial charge in [-0.3, -0.25) is 0 Å². The van der Waals surface area contributed by atoms with E-state index in [0.29, 0.717) is 0 Å². The van der Waals surface area contributed by atoms with Crippen LogP contribution in [0.1, 0.15) is 27.8 Å². The number of nitrogens with zero attached hydrogens (tertiary/aromatic N) is 1. The van der Waals surface area contributed by atoms with Gasteiger partial charge in [-0.1, -0.05) is 34.1 Å². The van der Waals surface area contributed by atoms with E-state index in [2.05, 4.69) is 60.0 Å². The van der Waals surface area contributed by atoms with Gasteiger partial charge in [0.2, 0.25) is 0 Å². The van der Waals surface area contributed by atoms with Gasteiger partial charge in [-0.25, -0.2) is 0 Å². The van der Waals surface area contributed by atoms with E-state index in [-0.39, 0.29) is 17.1 Å². The van der Waals surface area contributed by atoms with Gasteiger partial charge in [0.05, 0.1) is 0 Å². The van der Waals surface area contributed by atoms with Crippen LogP contribution >= 0.6 is 0 Å². The van der Waals surface area contributed by atoms with Crippen molar-refractivity contribution in [2.45, 2.75) is 34.1 Å². The van der Waals surface area contributed by atoms with Crippen molar-refractivity contribution in [2.75, 3.05) is 20.6 Å². The summed E-state index contributed by atoms with van der Waals surface area (Å²) in [6, 6.07) is 0. The normalized spacial score (nSPS) is 8.58. The molecule has 0 aliphatic rings. The van der Waals surface area contributed by atoms with Crippen LogP contribution in [0.15, 0.2) is 0 Å². The molecule has 0 N–H and O–H groups in total. The topological polar surface area (TPSA) is 43.0 Å². The second kappa shape index (κ2) is 12.3. The number of likely N-dealkylation sites (N-methyl/N-ethyl adjacent to an activating group) is 1. The molecule has 0 atom stereocenters. The van der Waals surface area contributed by atoms with Gasteiger partial charge in [0.15, 0.2) is 0 Å². The van der Waals surface area contributed by atoms with Crippen LogP contribution in [0.5, 0.6) is 0 Å². The van der Waals surface area contributed by atoms with Gasteiger partial charge < -0.3 is 4.90 Å². The van der Waals surface area contributed by atoms with Crippen LogP contribution in [0.25, 0.3) is 0 Å². The van der Waals surface area contributed by atoms with Gasteiger partial charge in [0.1, 0.15) is 0 Å². The van der Waals surface area contributed by atoms with Crippen LogP contribution in [-0.2, 0) is 32.8 Å². The molecule has 1 aromatic rings. The molecule has 0 bridgehead atoms. The molecule has 0 unspecified atom stereocenters. The van der Waals surface area contributed by atoms with Crippen molar-refractivity contribution in [3.8, 4) is 0 Å². The third kappa shape index (κ3) is 6.87. The summed E-state index contributed by atoms with van der Waals surface area (Å²) in [6.45, 7) is 19.1. The third-order valence-electron chi connectivity index (χ3n) is 3.40. The number of hydrogen-bond donors (Lipinski definition) is 0. The molecule has 4 heteroatoms. The Bertz CT molecular complexity index is 372. The van der Waals surface area contributed by atoms with Crippen molar-refractivity contribution < 1.29 is 26.4 Å². The maximum atomic E-state index is 7.50. The summed E-state index contributed by atoms with van der Waals surface area (Å²) in [5.41, 5.74) is 7.53. The monoisotopic (exact) mass is 303 g/mol. The minimum atomic E-state index is 0. The van der Waals surface area contributed by atoms with Crippen LogP contribution in [0.3, 0.4) is 0 Å². The van der Waals surface area contributed by atoms with E-state index in [1.807, 2.05) is 0 Å². The molecule has 0 aliphatic heterocycles. The molecule has 1 aromatic carbocycles. The van der Waals surface area contributed by atoms with Gasteiger partial charge in [-0.2, -0.15) is 22.3 Å². The fourth-order valence-electron chi connectivity index (χ4n) is 2.01. The van der Waals surface area contributed by atoms with E-state index in [1.54, 1.807) is 5.56 Å². The van der Waals surface area contributed by atoms with E-state index in [1.165, 1.54) is 28.7 Å². The molecule has 3 nitrogen and oxygen atoms in total. The van der Waals surface area contributed by atoms with Gasteiger partial charge in [-0.05, 0) is 20.6 Å². The summed E-state index contributed by atoms with van der Waals surface area (Å²) in [5, 5.41) is 0. The Kier molecular flexibility index (Phi) is 15.2. The first-order valence-electron chi connectivity index (χ1n) is 5.72. The minimum Gasteiger partial charge on any atom is 0 e. The van der Waals surface area contributed by atoms with Crippen molar-refractivity contribution in [1.29, 1.82) is 0 Å². The molecular weight excluding hydrogens is 281 g/mol. The Morgan fingerprint density at radius 1 is 0.895 bits per heavy atom. The summed E-state index contributed by atoms with van der Waals surface area (Å²) < 4.78 is 15.0. The SMILES string of the molecule is Cc1c(C)c(C)[c-](CCN(C)C)c1C.[C-]#[O+].[C-]#[O+].[Mn]. The average Bonchev–Trinajstić information content (AvgIpc) is 2.57. The zero-order valence-corrected chi connectivity index (χ0v) is 13.7. The summed E-state index contributed by atoms with van der Waals surface area (Å²) >= 11 is 0. The predicted molar refractivity (Wildman–Crippen MR) is 71.1 cm³/mol. The number of hydrogen-bond acceptors (Lipinski definition) is 1. The smallest absolute Gasteiger partial charge is 0 e. The summed E-state index contributed by atoms with van der Waals surface area (Å²) in [4.78, 5) is 2.25. The molecule has 0 aliphatic carbocycles. The molecule has 0 fully saturated rings. The van der Waals surface area contributed by atoms with Crippen LogP contribution in [0.4, 0.5) is 0 Å². The third-order valence-corrected chi connectivity index (χ3v) is 3.40. The molecular formula is C15H22MnNO2-.